The van der Waals surface area contributed by atoms with Crippen LogP contribution < -0.4 is 5.48 Å². The maximum absolute atomic E-state index is 11.4. The number of amides is 1. The van der Waals surface area contributed by atoms with Crippen molar-refractivity contribution >= 4 is 98.9 Å². The number of hydrogen-bond acceptors (Lipinski definition) is 5. The van der Waals surface area contributed by atoms with Crippen LogP contribution in [0.2, 0.25) is 0 Å². The maximum atomic E-state index is 11.4. The normalized spacial score (nSPS) is 10.7. The lowest BCUT2D eigenvalue weighted by atomic mass is 10.1. The molecule has 0 fully saturated rings. The van der Waals surface area contributed by atoms with Crippen LogP contribution in [0.5, 0.6) is 0 Å². The summed E-state index contributed by atoms with van der Waals surface area (Å²) in [5.41, 5.74) is 13.8. The van der Waals surface area contributed by atoms with E-state index in [1.54, 1.807) is 43.6 Å². The SMILES string of the molecule is CC(=O)c1ccc(CCBr)cc1.CC(=O)c1ccc(CCn2c3ccccc3c3ccccc32)cc1.O=C(NO)c1ccc(CCn2c3ccccc3c3ccccc32)cc1.O=C(O)c1ccc(CCBr)cc1. The van der Waals surface area contributed by atoms with E-state index in [0.717, 1.165) is 71.7 Å². The van der Waals surface area contributed by atoms with Crippen LogP contribution in [0.25, 0.3) is 43.6 Å². The molecular formula is C62H57Br2N3O6. The number of aromatic carboxylic acids is 1. The zero-order valence-electron chi connectivity index (χ0n) is 40.8. The Kier molecular flexibility index (Phi) is 19.2. The Balaban J connectivity index is 0.000000151. The number of rotatable bonds is 14. The number of alkyl halides is 2. The van der Waals surface area contributed by atoms with Gasteiger partial charge in [-0.25, -0.2) is 10.3 Å². The lowest BCUT2D eigenvalue weighted by Gasteiger charge is -2.08. The summed E-state index contributed by atoms with van der Waals surface area (Å²) < 4.78 is 4.74. The molecule has 0 saturated heterocycles. The number of carboxylic acid groups (broad SMARTS) is 1. The molecule has 0 aliphatic heterocycles. The number of halogens is 2. The third kappa shape index (κ3) is 14.0. The Morgan fingerprint density at radius 3 is 0.945 bits per heavy atom. The highest BCUT2D eigenvalue weighted by molar-refractivity contribution is 9.09. The number of carbonyl (C=O) groups is 4. The first-order valence-corrected chi connectivity index (χ1v) is 26.3. The van der Waals surface area contributed by atoms with Gasteiger partial charge in [0.25, 0.3) is 5.91 Å². The van der Waals surface area contributed by atoms with Crippen LogP contribution in [0.4, 0.5) is 0 Å². The van der Waals surface area contributed by atoms with Crippen molar-refractivity contribution in [1.82, 2.24) is 14.6 Å². The third-order valence-electron chi connectivity index (χ3n) is 12.6. The molecule has 0 bridgehead atoms. The fourth-order valence-corrected chi connectivity index (χ4v) is 9.62. The Morgan fingerprint density at radius 1 is 0.397 bits per heavy atom. The molecule has 9 nitrogen and oxygen atoms in total. The van der Waals surface area contributed by atoms with Gasteiger partial charge < -0.3 is 14.2 Å². The number of hydrogen-bond donors (Lipinski definition) is 3. The van der Waals surface area contributed by atoms with E-state index in [-0.39, 0.29) is 11.6 Å². The van der Waals surface area contributed by atoms with Crippen LogP contribution in [0.15, 0.2) is 194 Å². The number of para-hydroxylation sites is 4. The average molecular weight is 1100 g/mol. The van der Waals surface area contributed by atoms with Crippen LogP contribution >= 0.6 is 31.9 Å². The number of Topliss-reactive ketones (excluding diaryl/α,β-unsaturated/α-hetero) is 2. The number of fused-ring (bicyclic) bond motifs is 6. The summed E-state index contributed by atoms with van der Waals surface area (Å²) >= 11 is 6.68. The summed E-state index contributed by atoms with van der Waals surface area (Å²) in [6.07, 6.45) is 3.75. The fourth-order valence-electron chi connectivity index (χ4n) is 8.70. The second-order valence-electron chi connectivity index (χ2n) is 17.4. The molecule has 0 radical (unpaired) electrons. The van der Waals surface area contributed by atoms with E-state index in [1.807, 2.05) is 60.7 Å². The zero-order chi connectivity index (χ0) is 51.7. The second kappa shape index (κ2) is 26.3. The molecule has 0 unspecified atom stereocenters. The standard InChI is InChI=1S/C22H19NO.C21H18N2O2.C10H11BrO.C9H9BrO2/c1-16(24)18-12-10-17(11-13-18)14-15-23-21-8-4-2-6-19(21)20-7-3-5-9-22(20)23;24-21(22-25)16-11-9-15(10-12-16)13-14-23-19-7-3-1-5-17(19)18-6-2-4-8-20(18)23;1-8(12)10-4-2-9(3-5-10)6-7-11;10-6-5-7-1-3-8(4-2-7)9(11)12/h2-13H,14-15H2,1H3;1-12,25H,13-14H2,(H,22,24);2-5H,6-7H2,1H3;1-4H,5-6H2,(H,11,12). The fraction of sp³-hybridized carbons (Fsp3) is 0.161. The van der Waals surface area contributed by atoms with Crippen molar-refractivity contribution in [1.29, 1.82) is 0 Å². The molecule has 1 amide bonds. The van der Waals surface area contributed by atoms with Crippen LogP contribution in [0.1, 0.15) is 77.5 Å². The van der Waals surface area contributed by atoms with E-state index in [4.69, 9.17) is 10.3 Å². The molecule has 0 atom stereocenters. The molecule has 11 heteroatoms. The van der Waals surface area contributed by atoms with Gasteiger partial charge >= 0.3 is 5.97 Å². The predicted octanol–water partition coefficient (Wildman–Crippen LogP) is 14.5. The molecule has 2 heterocycles. The van der Waals surface area contributed by atoms with Crippen molar-refractivity contribution < 1.29 is 29.5 Å². The van der Waals surface area contributed by atoms with Gasteiger partial charge in [-0.15, -0.1) is 0 Å². The molecule has 10 rings (SSSR count). The number of ketones is 2. The molecule has 2 aromatic heterocycles. The van der Waals surface area contributed by atoms with Crippen LogP contribution in [0, 0.1) is 0 Å². The quantitative estimate of drug-likeness (QED) is 0.0430. The lowest BCUT2D eigenvalue weighted by molar-refractivity contribution is 0.0693. The first-order chi connectivity index (χ1) is 35.5. The zero-order valence-corrected chi connectivity index (χ0v) is 44.0. The predicted molar refractivity (Wildman–Crippen MR) is 303 cm³/mol. The monoisotopic (exact) mass is 1100 g/mol. The molecular weight excluding hydrogens is 1040 g/mol. The van der Waals surface area contributed by atoms with E-state index in [1.165, 1.54) is 54.7 Å². The molecule has 0 aliphatic rings. The smallest absolute Gasteiger partial charge is 0.335 e. The lowest BCUT2D eigenvalue weighted by Crippen LogP contribution is -2.18. The van der Waals surface area contributed by atoms with Gasteiger partial charge in [-0.05, 0) is 110 Å². The third-order valence-corrected chi connectivity index (χ3v) is 13.4. The van der Waals surface area contributed by atoms with Crippen molar-refractivity contribution in [2.45, 2.75) is 52.6 Å². The molecule has 10 aromatic rings. The number of carboxylic acids is 1. The van der Waals surface area contributed by atoms with Gasteiger partial charge in [-0.3, -0.25) is 19.6 Å². The Morgan fingerprint density at radius 2 is 0.671 bits per heavy atom. The molecule has 0 spiro atoms. The van der Waals surface area contributed by atoms with Crippen molar-refractivity contribution in [2.24, 2.45) is 0 Å². The summed E-state index contributed by atoms with van der Waals surface area (Å²) in [5.74, 6) is -1.13. The largest absolute Gasteiger partial charge is 0.478 e. The van der Waals surface area contributed by atoms with Crippen molar-refractivity contribution in [3.8, 4) is 0 Å². The highest BCUT2D eigenvalue weighted by Crippen LogP contribution is 2.30. The van der Waals surface area contributed by atoms with E-state index >= 15 is 0 Å². The summed E-state index contributed by atoms with van der Waals surface area (Å²) in [7, 11) is 0. The molecule has 8 aromatic carbocycles. The number of hydroxylamine groups is 1. The van der Waals surface area contributed by atoms with Crippen LogP contribution in [-0.2, 0) is 38.8 Å². The van der Waals surface area contributed by atoms with Crippen LogP contribution in [-0.4, -0.2) is 53.6 Å². The number of benzene rings is 8. The van der Waals surface area contributed by atoms with E-state index in [2.05, 4.69) is 150 Å². The minimum Gasteiger partial charge on any atom is -0.478 e. The van der Waals surface area contributed by atoms with Crippen molar-refractivity contribution in [2.75, 3.05) is 10.7 Å². The summed E-state index contributed by atoms with van der Waals surface area (Å²) in [4.78, 5) is 44.2. The van der Waals surface area contributed by atoms with E-state index in [0.29, 0.717) is 11.1 Å². The number of nitrogens with one attached hydrogen (secondary N) is 1. The molecule has 370 valence electrons. The number of carbonyl (C=O) groups excluding carboxylic acids is 3. The first-order valence-electron chi connectivity index (χ1n) is 24.1. The van der Waals surface area contributed by atoms with E-state index < -0.39 is 11.9 Å². The van der Waals surface area contributed by atoms with Crippen molar-refractivity contribution in [3.63, 3.8) is 0 Å². The highest BCUT2D eigenvalue weighted by Gasteiger charge is 2.12. The van der Waals surface area contributed by atoms with Crippen molar-refractivity contribution in [3.05, 3.63) is 239 Å². The minimum absolute atomic E-state index is 0.115. The summed E-state index contributed by atoms with van der Waals surface area (Å²) in [5, 5.41) is 24.3. The van der Waals surface area contributed by atoms with Crippen LogP contribution in [0.3, 0.4) is 0 Å². The number of aryl methyl sites for hydroxylation is 6. The molecule has 3 N–H and O–H groups in total. The van der Waals surface area contributed by atoms with E-state index in [9.17, 15) is 19.2 Å². The Hall–Kier alpha value is -7.44. The Labute approximate surface area is 442 Å². The van der Waals surface area contributed by atoms with Gasteiger partial charge in [0, 0.05) is 84.1 Å². The Bertz CT molecular complexity index is 3290. The summed E-state index contributed by atoms with van der Waals surface area (Å²) in [6.45, 7) is 4.97. The topological polar surface area (TPSA) is 131 Å². The molecule has 0 saturated carbocycles. The second-order valence-corrected chi connectivity index (χ2v) is 19.0. The molecule has 0 aliphatic carbocycles. The van der Waals surface area contributed by atoms with Gasteiger partial charge in [0.05, 0.1) is 5.56 Å². The highest BCUT2D eigenvalue weighted by atomic mass is 79.9. The van der Waals surface area contributed by atoms with Gasteiger partial charge in [-0.2, -0.15) is 0 Å². The minimum atomic E-state index is -0.875. The van der Waals surface area contributed by atoms with Gasteiger partial charge in [0.2, 0.25) is 0 Å². The number of nitrogens with zero attached hydrogens (tertiary/aromatic N) is 2. The maximum Gasteiger partial charge on any atom is 0.335 e. The average Bonchev–Trinajstić information content (AvgIpc) is 3.92. The molecule has 73 heavy (non-hydrogen) atoms. The summed E-state index contributed by atoms with van der Waals surface area (Å²) in [6, 6.07) is 64.0. The van der Waals surface area contributed by atoms with Gasteiger partial charge in [0.15, 0.2) is 11.6 Å². The van der Waals surface area contributed by atoms with Gasteiger partial charge in [0.1, 0.15) is 0 Å². The first kappa shape index (κ1) is 53.4. The van der Waals surface area contributed by atoms with Gasteiger partial charge in [-0.1, -0.05) is 177 Å². The number of aromatic nitrogens is 2.